The van der Waals surface area contributed by atoms with Gasteiger partial charge in [0.2, 0.25) is 5.91 Å². The Hall–Kier alpha value is -3.26. The lowest BCUT2D eigenvalue weighted by molar-refractivity contribution is -0.130. The number of nitrogens with two attached hydrogens (primary N) is 1. The minimum absolute atomic E-state index is 0.0380. The maximum atomic E-state index is 14.5. The summed E-state index contributed by atoms with van der Waals surface area (Å²) in [6.45, 7) is 6.51. The molecular formula is C27H35FN4O3. The topological polar surface area (TPSA) is 97.0 Å². The monoisotopic (exact) mass is 482 g/mol. The molecule has 1 aliphatic rings. The molecule has 0 saturated carbocycles. The summed E-state index contributed by atoms with van der Waals surface area (Å²) in [6.07, 6.45) is 1.65. The van der Waals surface area contributed by atoms with Crippen LogP contribution in [0.4, 0.5) is 4.39 Å². The van der Waals surface area contributed by atoms with Gasteiger partial charge in [-0.1, -0.05) is 44.2 Å². The zero-order valence-electron chi connectivity index (χ0n) is 20.9. The van der Waals surface area contributed by atoms with E-state index in [9.17, 15) is 14.0 Å². The molecule has 3 rings (SSSR count). The number of carbonyl (C=O) groups excluding carboxylic acids is 2. The largest absolute Gasteiger partial charge is 0.385 e. The first-order valence-corrected chi connectivity index (χ1v) is 11.9. The van der Waals surface area contributed by atoms with Gasteiger partial charge in [0.15, 0.2) is 5.96 Å². The van der Waals surface area contributed by atoms with Gasteiger partial charge in [-0.2, -0.15) is 0 Å². The number of aliphatic imine (C=N–C) groups is 1. The lowest BCUT2D eigenvalue weighted by Crippen LogP contribution is -2.51. The van der Waals surface area contributed by atoms with Gasteiger partial charge in [-0.15, -0.1) is 0 Å². The first kappa shape index (κ1) is 26.3. The summed E-state index contributed by atoms with van der Waals surface area (Å²) < 4.78 is 19.7. The fourth-order valence-corrected chi connectivity index (χ4v) is 4.13. The van der Waals surface area contributed by atoms with Crippen molar-refractivity contribution in [3.63, 3.8) is 0 Å². The summed E-state index contributed by atoms with van der Waals surface area (Å²) in [4.78, 5) is 31.8. The molecule has 7 nitrogen and oxygen atoms in total. The van der Waals surface area contributed by atoms with Crippen LogP contribution in [0.25, 0.3) is 0 Å². The number of nitrogens with zero attached hydrogens (tertiary/aromatic N) is 2. The number of amides is 2. The lowest BCUT2D eigenvalue weighted by Gasteiger charge is -2.37. The Morgan fingerprint density at radius 3 is 2.60 bits per heavy atom. The van der Waals surface area contributed by atoms with Crippen molar-refractivity contribution >= 4 is 17.8 Å². The summed E-state index contributed by atoms with van der Waals surface area (Å²) in [5, 5.41) is 3.02. The van der Waals surface area contributed by atoms with E-state index < -0.39 is 17.3 Å². The summed E-state index contributed by atoms with van der Waals surface area (Å²) in [7, 11) is 1.64. The molecule has 2 atom stereocenters. The summed E-state index contributed by atoms with van der Waals surface area (Å²) in [6, 6.07) is 13.5. The number of ether oxygens (including phenoxy) is 1. The van der Waals surface area contributed by atoms with E-state index in [0.717, 1.165) is 12.0 Å². The number of carbonyl (C=O) groups is 2. The maximum absolute atomic E-state index is 14.5. The SMILES string of the molecule is COCCC[C@H](NC(=O)c1cc(F)cc(CN2C(=O)C[C@@](C)(C(C)C)N=C2N)c1)c1ccccc1. The van der Waals surface area contributed by atoms with Crippen LogP contribution in [0.3, 0.4) is 0 Å². The predicted octanol–water partition coefficient (Wildman–Crippen LogP) is 4.19. The van der Waals surface area contributed by atoms with Crippen LogP contribution in [-0.2, 0) is 16.1 Å². The number of rotatable bonds is 10. The Kier molecular flexibility index (Phi) is 8.62. The highest BCUT2D eigenvalue weighted by atomic mass is 19.1. The van der Waals surface area contributed by atoms with Crippen molar-refractivity contribution in [2.75, 3.05) is 13.7 Å². The standard InChI is InChI=1S/C27H35FN4O3/c1-18(2)27(3)16-24(33)32(26(29)31-27)17-19-13-21(15-22(28)14-19)25(34)30-23(11-8-12-35-4)20-9-6-5-7-10-20/h5-7,9-10,13-15,18,23H,8,11-12,16-17H2,1-4H3,(H2,29,31)(H,30,34)/t23-,27-/m0/s1. The average molecular weight is 483 g/mol. The number of hydrogen-bond donors (Lipinski definition) is 2. The fraction of sp³-hybridized carbons (Fsp3) is 0.444. The molecule has 0 spiro atoms. The second-order valence-corrected chi connectivity index (χ2v) is 9.56. The molecule has 1 aliphatic heterocycles. The van der Waals surface area contributed by atoms with Crippen LogP contribution in [0.1, 0.15) is 67.6 Å². The normalized spacial score (nSPS) is 19.0. The van der Waals surface area contributed by atoms with Crippen LogP contribution in [0.2, 0.25) is 0 Å². The Morgan fingerprint density at radius 1 is 1.26 bits per heavy atom. The Balaban J connectivity index is 1.79. The zero-order chi connectivity index (χ0) is 25.6. The Labute approximate surface area is 206 Å². The molecule has 0 radical (unpaired) electrons. The lowest BCUT2D eigenvalue weighted by atomic mass is 9.84. The Bertz CT molecular complexity index is 1070. The smallest absolute Gasteiger partial charge is 0.251 e. The van der Waals surface area contributed by atoms with Crippen molar-refractivity contribution in [2.45, 2.75) is 58.2 Å². The average Bonchev–Trinajstić information content (AvgIpc) is 2.81. The third-order valence-electron chi connectivity index (χ3n) is 6.61. The van der Waals surface area contributed by atoms with Gasteiger partial charge in [-0.05, 0) is 55.0 Å². The van der Waals surface area contributed by atoms with Crippen LogP contribution >= 0.6 is 0 Å². The van der Waals surface area contributed by atoms with E-state index in [0.29, 0.717) is 18.6 Å². The predicted molar refractivity (Wildman–Crippen MR) is 134 cm³/mol. The minimum Gasteiger partial charge on any atom is -0.385 e. The number of benzene rings is 2. The third-order valence-corrected chi connectivity index (χ3v) is 6.61. The van der Waals surface area contributed by atoms with Gasteiger partial charge in [0.25, 0.3) is 5.91 Å². The molecule has 35 heavy (non-hydrogen) atoms. The van der Waals surface area contributed by atoms with Gasteiger partial charge in [-0.25, -0.2) is 9.38 Å². The van der Waals surface area contributed by atoms with Gasteiger partial charge in [0.05, 0.1) is 24.5 Å². The molecule has 1 heterocycles. The highest BCUT2D eigenvalue weighted by molar-refractivity contribution is 5.99. The number of hydrogen-bond acceptors (Lipinski definition) is 5. The summed E-state index contributed by atoms with van der Waals surface area (Å²) in [5.74, 6) is -0.884. The molecule has 8 heteroatoms. The molecule has 2 aromatic carbocycles. The van der Waals surface area contributed by atoms with E-state index in [2.05, 4.69) is 10.3 Å². The van der Waals surface area contributed by atoms with E-state index in [1.807, 2.05) is 51.1 Å². The van der Waals surface area contributed by atoms with Crippen molar-refractivity contribution in [3.8, 4) is 0 Å². The van der Waals surface area contributed by atoms with Crippen LogP contribution < -0.4 is 11.1 Å². The molecule has 0 saturated heterocycles. The second-order valence-electron chi connectivity index (χ2n) is 9.56. The number of nitrogens with one attached hydrogen (secondary N) is 1. The van der Waals surface area contributed by atoms with Crippen molar-refractivity contribution < 1.29 is 18.7 Å². The molecule has 0 bridgehead atoms. The number of guanidine groups is 1. The molecule has 0 aromatic heterocycles. The van der Waals surface area contributed by atoms with E-state index in [-0.39, 0.29) is 42.4 Å². The molecule has 0 unspecified atom stereocenters. The quantitative estimate of drug-likeness (QED) is 0.497. The highest BCUT2D eigenvalue weighted by Crippen LogP contribution is 2.30. The van der Waals surface area contributed by atoms with Crippen molar-refractivity contribution in [1.29, 1.82) is 0 Å². The first-order chi connectivity index (χ1) is 16.6. The number of methoxy groups -OCH3 is 1. The second kappa shape index (κ2) is 11.4. The van der Waals surface area contributed by atoms with Gasteiger partial charge < -0.3 is 15.8 Å². The molecule has 0 fully saturated rings. The zero-order valence-corrected chi connectivity index (χ0v) is 20.9. The molecule has 0 aliphatic carbocycles. The van der Waals surface area contributed by atoms with Gasteiger partial charge in [0, 0.05) is 19.3 Å². The number of halogens is 1. The van der Waals surface area contributed by atoms with Crippen molar-refractivity contribution in [2.24, 2.45) is 16.6 Å². The van der Waals surface area contributed by atoms with Crippen molar-refractivity contribution in [1.82, 2.24) is 10.2 Å². The summed E-state index contributed by atoms with van der Waals surface area (Å²) in [5.41, 5.74) is 7.16. The molecule has 188 valence electrons. The van der Waals surface area contributed by atoms with E-state index in [1.165, 1.54) is 17.0 Å². The third kappa shape index (κ3) is 6.66. The van der Waals surface area contributed by atoms with Gasteiger partial charge in [0.1, 0.15) is 5.82 Å². The minimum atomic E-state index is -0.570. The van der Waals surface area contributed by atoms with Gasteiger partial charge >= 0.3 is 0 Å². The van der Waals surface area contributed by atoms with Crippen LogP contribution in [0.5, 0.6) is 0 Å². The molecule has 3 N–H and O–H groups in total. The van der Waals surface area contributed by atoms with Gasteiger partial charge in [-0.3, -0.25) is 14.5 Å². The molecule has 2 aromatic rings. The Morgan fingerprint density at radius 2 is 1.97 bits per heavy atom. The maximum Gasteiger partial charge on any atom is 0.251 e. The molecule has 2 amide bonds. The first-order valence-electron chi connectivity index (χ1n) is 11.9. The summed E-state index contributed by atoms with van der Waals surface area (Å²) >= 11 is 0. The fourth-order valence-electron chi connectivity index (χ4n) is 4.13. The van der Waals surface area contributed by atoms with Crippen LogP contribution in [0, 0.1) is 11.7 Å². The van der Waals surface area contributed by atoms with Crippen LogP contribution in [-0.4, -0.2) is 41.9 Å². The van der Waals surface area contributed by atoms with E-state index >= 15 is 0 Å². The highest BCUT2D eigenvalue weighted by Gasteiger charge is 2.38. The van der Waals surface area contributed by atoms with E-state index in [1.54, 1.807) is 13.2 Å². The van der Waals surface area contributed by atoms with Crippen LogP contribution in [0.15, 0.2) is 53.5 Å². The van der Waals surface area contributed by atoms with Crippen molar-refractivity contribution in [3.05, 3.63) is 71.0 Å². The molecular weight excluding hydrogens is 447 g/mol. The van der Waals surface area contributed by atoms with E-state index in [4.69, 9.17) is 10.5 Å².